The lowest BCUT2D eigenvalue weighted by Crippen LogP contribution is -2.46. The van der Waals surface area contributed by atoms with E-state index in [4.69, 9.17) is 9.47 Å². The highest BCUT2D eigenvalue weighted by atomic mass is 16.6. The van der Waals surface area contributed by atoms with Gasteiger partial charge in [0.15, 0.2) is 11.5 Å². The Morgan fingerprint density at radius 3 is 2.41 bits per heavy atom. The number of fused-ring (bicyclic) bond motifs is 1. The van der Waals surface area contributed by atoms with Crippen LogP contribution < -0.4 is 20.1 Å². The predicted molar refractivity (Wildman–Crippen MR) is 108 cm³/mol. The van der Waals surface area contributed by atoms with E-state index in [0.717, 1.165) is 0 Å². The third-order valence-corrected chi connectivity index (χ3v) is 4.40. The van der Waals surface area contributed by atoms with Crippen molar-refractivity contribution < 1.29 is 19.1 Å². The molecule has 0 bridgehead atoms. The van der Waals surface area contributed by atoms with Gasteiger partial charge in [-0.25, -0.2) is 4.98 Å². The van der Waals surface area contributed by atoms with Crippen molar-refractivity contribution >= 4 is 23.3 Å². The highest BCUT2D eigenvalue weighted by molar-refractivity contribution is 6.05. The zero-order chi connectivity index (χ0) is 20.2. The van der Waals surface area contributed by atoms with Crippen LogP contribution in [0.25, 0.3) is 0 Å². The fourth-order valence-electron chi connectivity index (χ4n) is 2.98. The molecular formula is C22H19N3O4. The molecule has 0 aliphatic carbocycles. The summed E-state index contributed by atoms with van der Waals surface area (Å²) in [5.74, 6) is 0.910. The Labute approximate surface area is 167 Å². The number of carbonyl (C=O) groups is 2. The van der Waals surface area contributed by atoms with Crippen molar-refractivity contribution in [2.45, 2.75) is 19.1 Å². The summed E-state index contributed by atoms with van der Waals surface area (Å²) in [6, 6.07) is 19.1. The molecule has 2 N–H and O–H groups in total. The molecule has 2 atom stereocenters. The largest absolute Gasteiger partial charge is 0.482 e. The van der Waals surface area contributed by atoms with Gasteiger partial charge in [0.2, 0.25) is 6.10 Å². The van der Waals surface area contributed by atoms with Crippen molar-refractivity contribution in [2.75, 3.05) is 10.6 Å². The number of pyridine rings is 1. The summed E-state index contributed by atoms with van der Waals surface area (Å²) in [5.41, 5.74) is 0.881. The fourth-order valence-corrected chi connectivity index (χ4v) is 2.98. The Morgan fingerprint density at radius 1 is 0.897 bits per heavy atom. The van der Waals surface area contributed by atoms with Crippen LogP contribution >= 0.6 is 0 Å². The Bertz CT molecular complexity index is 1040. The van der Waals surface area contributed by atoms with Gasteiger partial charge in [0.25, 0.3) is 11.8 Å². The number of nitrogens with zero attached hydrogens (tertiary/aromatic N) is 1. The van der Waals surface area contributed by atoms with E-state index in [1.54, 1.807) is 67.7 Å². The molecule has 7 nitrogen and oxygen atoms in total. The Morgan fingerprint density at radius 2 is 1.66 bits per heavy atom. The Hall–Kier alpha value is -3.87. The minimum Gasteiger partial charge on any atom is -0.482 e. The molecule has 29 heavy (non-hydrogen) atoms. The number of hydrogen-bond acceptors (Lipinski definition) is 5. The topological polar surface area (TPSA) is 89.5 Å². The molecule has 1 aromatic heterocycles. The van der Waals surface area contributed by atoms with Crippen LogP contribution in [0.3, 0.4) is 0 Å². The molecule has 1 aliphatic rings. The zero-order valence-corrected chi connectivity index (χ0v) is 15.7. The van der Waals surface area contributed by atoms with Gasteiger partial charge >= 0.3 is 0 Å². The van der Waals surface area contributed by atoms with Crippen molar-refractivity contribution in [3.05, 3.63) is 78.5 Å². The number of carbonyl (C=O) groups excluding carboxylic acids is 2. The molecule has 3 aromatic rings. The van der Waals surface area contributed by atoms with E-state index in [2.05, 4.69) is 15.6 Å². The maximum Gasteiger partial charge on any atom is 0.269 e. The van der Waals surface area contributed by atoms with E-state index in [9.17, 15) is 9.59 Å². The molecule has 0 radical (unpaired) electrons. The molecule has 0 fully saturated rings. The minimum absolute atomic E-state index is 0.320. The second-order valence-corrected chi connectivity index (χ2v) is 6.55. The molecule has 2 heterocycles. The number of amides is 2. The standard InChI is InChI=1S/C22H19N3O4/c1-14-20(29-18-10-3-2-9-17(18)28-14)22(27)24-16-8-6-7-15(13-16)21(26)25-19-11-4-5-12-23-19/h2-14,20H,1H3,(H,24,27)(H,23,25,26)/t14-,20+/m0/s1. The van der Waals surface area contributed by atoms with Gasteiger partial charge in [-0.1, -0.05) is 24.3 Å². The van der Waals surface area contributed by atoms with Gasteiger partial charge in [-0.05, 0) is 49.4 Å². The van der Waals surface area contributed by atoms with E-state index < -0.39 is 12.2 Å². The Balaban J connectivity index is 1.45. The summed E-state index contributed by atoms with van der Waals surface area (Å²) in [6.45, 7) is 1.77. The van der Waals surface area contributed by atoms with Crippen LogP contribution in [0.15, 0.2) is 72.9 Å². The first-order valence-electron chi connectivity index (χ1n) is 9.16. The average Bonchev–Trinajstić information content (AvgIpc) is 2.74. The zero-order valence-electron chi connectivity index (χ0n) is 15.7. The van der Waals surface area contributed by atoms with Crippen LogP contribution in [0, 0.1) is 0 Å². The lowest BCUT2D eigenvalue weighted by Gasteiger charge is -2.31. The smallest absolute Gasteiger partial charge is 0.269 e. The monoisotopic (exact) mass is 389 g/mol. The summed E-state index contributed by atoms with van der Waals surface area (Å²) in [7, 11) is 0. The second-order valence-electron chi connectivity index (χ2n) is 6.55. The van der Waals surface area contributed by atoms with Crippen molar-refractivity contribution in [2.24, 2.45) is 0 Å². The molecule has 2 amide bonds. The van der Waals surface area contributed by atoms with Gasteiger partial charge in [-0.2, -0.15) is 0 Å². The number of ether oxygens (including phenoxy) is 2. The molecule has 0 saturated carbocycles. The molecule has 2 aromatic carbocycles. The van der Waals surface area contributed by atoms with Gasteiger partial charge in [0.05, 0.1) is 0 Å². The van der Waals surface area contributed by atoms with Gasteiger partial charge in [-0.3, -0.25) is 9.59 Å². The van der Waals surface area contributed by atoms with Gasteiger partial charge in [0, 0.05) is 17.4 Å². The summed E-state index contributed by atoms with van der Waals surface area (Å²) in [6.07, 6.45) is 0.328. The van der Waals surface area contributed by atoms with Crippen LogP contribution in [-0.2, 0) is 4.79 Å². The second kappa shape index (κ2) is 8.02. The van der Waals surface area contributed by atoms with Crippen molar-refractivity contribution in [3.63, 3.8) is 0 Å². The number of nitrogens with one attached hydrogen (secondary N) is 2. The number of para-hydroxylation sites is 2. The minimum atomic E-state index is -0.809. The maximum absolute atomic E-state index is 12.7. The normalized spacial score (nSPS) is 17.3. The summed E-state index contributed by atoms with van der Waals surface area (Å²) >= 11 is 0. The molecule has 0 spiro atoms. The first kappa shape index (κ1) is 18.5. The van der Waals surface area contributed by atoms with E-state index in [-0.39, 0.29) is 11.8 Å². The average molecular weight is 389 g/mol. The number of rotatable bonds is 4. The van der Waals surface area contributed by atoms with Crippen molar-refractivity contribution in [1.29, 1.82) is 0 Å². The van der Waals surface area contributed by atoms with Gasteiger partial charge in [0.1, 0.15) is 11.9 Å². The van der Waals surface area contributed by atoms with Gasteiger partial charge in [-0.15, -0.1) is 0 Å². The highest BCUT2D eigenvalue weighted by Crippen LogP contribution is 2.33. The van der Waals surface area contributed by atoms with E-state index in [1.807, 2.05) is 12.1 Å². The molecule has 0 saturated heterocycles. The van der Waals surface area contributed by atoms with Gasteiger partial charge < -0.3 is 20.1 Å². The summed E-state index contributed by atoms with van der Waals surface area (Å²) in [4.78, 5) is 29.2. The number of aromatic nitrogens is 1. The first-order valence-corrected chi connectivity index (χ1v) is 9.16. The fraction of sp³-hybridized carbons (Fsp3) is 0.136. The molecule has 4 rings (SSSR count). The van der Waals surface area contributed by atoms with Crippen LogP contribution in [0.2, 0.25) is 0 Å². The number of anilines is 2. The molecule has 7 heteroatoms. The molecule has 0 unspecified atom stereocenters. The van der Waals surface area contributed by atoms with E-state index in [0.29, 0.717) is 28.6 Å². The molecular weight excluding hydrogens is 370 g/mol. The SMILES string of the molecule is C[C@@H]1Oc2ccccc2O[C@H]1C(=O)Nc1cccc(C(=O)Nc2ccccn2)c1. The first-order chi connectivity index (χ1) is 14.1. The molecule has 146 valence electrons. The quantitative estimate of drug-likeness (QED) is 0.713. The van der Waals surface area contributed by atoms with Crippen LogP contribution in [0.1, 0.15) is 17.3 Å². The maximum atomic E-state index is 12.7. The van der Waals surface area contributed by atoms with E-state index in [1.165, 1.54) is 0 Å². The number of hydrogen-bond donors (Lipinski definition) is 2. The van der Waals surface area contributed by atoms with Crippen molar-refractivity contribution in [1.82, 2.24) is 4.98 Å². The third kappa shape index (κ3) is 4.19. The Kier molecular flexibility index (Phi) is 5.11. The van der Waals surface area contributed by atoms with Crippen LogP contribution in [-0.4, -0.2) is 29.0 Å². The lowest BCUT2D eigenvalue weighted by molar-refractivity contribution is -0.128. The third-order valence-electron chi connectivity index (χ3n) is 4.40. The van der Waals surface area contributed by atoms with Crippen LogP contribution in [0.4, 0.5) is 11.5 Å². The summed E-state index contributed by atoms with van der Waals surface area (Å²) in [5, 5.41) is 5.51. The van der Waals surface area contributed by atoms with Crippen LogP contribution in [0.5, 0.6) is 11.5 Å². The lowest BCUT2D eigenvalue weighted by atomic mass is 10.1. The number of benzene rings is 2. The predicted octanol–water partition coefficient (Wildman–Crippen LogP) is 3.50. The van der Waals surface area contributed by atoms with Crippen molar-refractivity contribution in [3.8, 4) is 11.5 Å². The highest BCUT2D eigenvalue weighted by Gasteiger charge is 2.34. The van der Waals surface area contributed by atoms with E-state index >= 15 is 0 Å². The molecule has 1 aliphatic heterocycles. The summed E-state index contributed by atoms with van der Waals surface area (Å²) < 4.78 is 11.6.